The molecule has 26 heavy (non-hydrogen) atoms. The molecule has 0 bridgehead atoms. The van der Waals surface area contributed by atoms with Gasteiger partial charge in [0.1, 0.15) is 16.6 Å². The summed E-state index contributed by atoms with van der Waals surface area (Å²) in [5, 5.41) is 3.17. The molecule has 7 heteroatoms. The molecule has 3 rings (SSSR count). The van der Waals surface area contributed by atoms with E-state index in [-0.39, 0.29) is 16.9 Å². The van der Waals surface area contributed by atoms with E-state index in [4.69, 9.17) is 4.98 Å². The minimum absolute atomic E-state index is 0.0408. The SMILES string of the molecule is CC(C)(C)c1csc(CN2CCN(C(=O)c3ccc(F)cc3F)CC2)n1. The Hall–Kier alpha value is -1.86. The zero-order valence-electron chi connectivity index (χ0n) is 15.3. The molecule has 4 nitrogen and oxygen atoms in total. The molecule has 0 atom stereocenters. The van der Waals surface area contributed by atoms with Gasteiger partial charge in [0.2, 0.25) is 0 Å². The van der Waals surface area contributed by atoms with Crippen LogP contribution in [-0.4, -0.2) is 46.9 Å². The molecule has 2 aromatic rings. The number of hydrogen-bond donors (Lipinski definition) is 0. The first-order valence-corrected chi connectivity index (χ1v) is 9.53. The molecule has 0 spiro atoms. The van der Waals surface area contributed by atoms with Crippen LogP contribution in [0.4, 0.5) is 8.78 Å². The van der Waals surface area contributed by atoms with Crippen LogP contribution in [0.1, 0.15) is 41.8 Å². The normalized spacial score (nSPS) is 16.1. The predicted molar refractivity (Wildman–Crippen MR) is 98.4 cm³/mol. The number of carbonyl (C=O) groups is 1. The Labute approximate surface area is 156 Å². The molecule has 1 aromatic heterocycles. The van der Waals surface area contributed by atoms with Crippen LogP contribution in [0.25, 0.3) is 0 Å². The smallest absolute Gasteiger partial charge is 0.256 e. The first-order valence-electron chi connectivity index (χ1n) is 8.65. The average Bonchev–Trinajstić information content (AvgIpc) is 3.04. The monoisotopic (exact) mass is 379 g/mol. The van der Waals surface area contributed by atoms with E-state index >= 15 is 0 Å². The number of halogens is 2. The molecule has 1 amide bonds. The van der Waals surface area contributed by atoms with E-state index in [0.717, 1.165) is 29.4 Å². The fraction of sp³-hybridized carbons (Fsp3) is 0.474. The lowest BCUT2D eigenvalue weighted by molar-refractivity contribution is 0.0623. The van der Waals surface area contributed by atoms with Crippen molar-refractivity contribution in [2.24, 2.45) is 0 Å². The van der Waals surface area contributed by atoms with E-state index in [0.29, 0.717) is 26.2 Å². The highest BCUT2D eigenvalue weighted by Crippen LogP contribution is 2.25. The summed E-state index contributed by atoms with van der Waals surface area (Å²) in [5.74, 6) is -1.87. The molecule has 0 aliphatic carbocycles. The highest BCUT2D eigenvalue weighted by Gasteiger charge is 2.25. The van der Waals surface area contributed by atoms with Crippen molar-refractivity contribution in [1.29, 1.82) is 0 Å². The first kappa shape index (κ1) is 18.9. The number of aromatic nitrogens is 1. The van der Waals surface area contributed by atoms with Crippen LogP contribution in [0.3, 0.4) is 0 Å². The highest BCUT2D eigenvalue weighted by molar-refractivity contribution is 7.09. The van der Waals surface area contributed by atoms with Crippen LogP contribution < -0.4 is 0 Å². The largest absolute Gasteiger partial charge is 0.336 e. The van der Waals surface area contributed by atoms with Crippen LogP contribution in [0.5, 0.6) is 0 Å². The summed E-state index contributed by atoms with van der Waals surface area (Å²) in [6.07, 6.45) is 0. The van der Waals surface area contributed by atoms with Crippen LogP contribution in [0.2, 0.25) is 0 Å². The molecule has 2 heterocycles. The maximum absolute atomic E-state index is 13.8. The molecule has 1 fully saturated rings. The number of benzene rings is 1. The lowest BCUT2D eigenvalue weighted by atomic mass is 9.93. The Morgan fingerprint density at radius 3 is 2.46 bits per heavy atom. The van der Waals surface area contributed by atoms with E-state index < -0.39 is 11.6 Å². The van der Waals surface area contributed by atoms with Gasteiger partial charge in [-0.3, -0.25) is 9.69 Å². The van der Waals surface area contributed by atoms with Crippen molar-refractivity contribution in [2.45, 2.75) is 32.7 Å². The van der Waals surface area contributed by atoms with Crippen molar-refractivity contribution in [3.05, 3.63) is 51.5 Å². The Balaban J connectivity index is 1.57. The molecule has 1 aliphatic rings. The molecule has 0 radical (unpaired) electrons. The van der Waals surface area contributed by atoms with Crippen molar-refractivity contribution >= 4 is 17.2 Å². The number of rotatable bonds is 3. The lowest BCUT2D eigenvalue weighted by Gasteiger charge is -2.34. The van der Waals surface area contributed by atoms with Gasteiger partial charge in [-0.2, -0.15) is 0 Å². The Bertz CT molecular complexity index is 792. The summed E-state index contributed by atoms with van der Waals surface area (Å²) in [5.41, 5.74) is 1.06. The Morgan fingerprint density at radius 2 is 1.88 bits per heavy atom. The van der Waals surface area contributed by atoms with Gasteiger partial charge in [0.05, 0.1) is 17.8 Å². The van der Waals surface area contributed by atoms with Crippen LogP contribution in [-0.2, 0) is 12.0 Å². The van der Waals surface area contributed by atoms with E-state index in [1.54, 1.807) is 16.2 Å². The zero-order chi connectivity index (χ0) is 18.9. The van der Waals surface area contributed by atoms with E-state index in [1.165, 1.54) is 6.07 Å². The minimum Gasteiger partial charge on any atom is -0.336 e. The quantitative estimate of drug-likeness (QED) is 0.816. The predicted octanol–water partition coefficient (Wildman–Crippen LogP) is 3.68. The summed E-state index contributed by atoms with van der Waals surface area (Å²) in [7, 11) is 0. The molecule has 0 saturated carbocycles. The van der Waals surface area contributed by atoms with Crippen LogP contribution >= 0.6 is 11.3 Å². The number of thiazole rings is 1. The fourth-order valence-electron chi connectivity index (χ4n) is 2.86. The summed E-state index contributed by atoms with van der Waals surface area (Å²) in [4.78, 5) is 21.0. The number of carbonyl (C=O) groups excluding carboxylic acids is 1. The van der Waals surface area contributed by atoms with Gasteiger partial charge >= 0.3 is 0 Å². The van der Waals surface area contributed by atoms with Crippen molar-refractivity contribution in [1.82, 2.24) is 14.8 Å². The molecular formula is C19H23F2N3OS. The van der Waals surface area contributed by atoms with E-state index in [9.17, 15) is 13.6 Å². The second-order valence-corrected chi connectivity index (χ2v) is 8.51. The van der Waals surface area contributed by atoms with Gasteiger partial charge in [0.25, 0.3) is 5.91 Å². The van der Waals surface area contributed by atoms with Crippen LogP contribution in [0.15, 0.2) is 23.6 Å². The maximum atomic E-state index is 13.8. The van der Waals surface area contributed by atoms with Crippen LogP contribution in [0, 0.1) is 11.6 Å². The van der Waals surface area contributed by atoms with Crippen molar-refractivity contribution < 1.29 is 13.6 Å². The topological polar surface area (TPSA) is 36.4 Å². The molecule has 1 aliphatic heterocycles. The highest BCUT2D eigenvalue weighted by atomic mass is 32.1. The molecule has 140 valence electrons. The zero-order valence-corrected chi connectivity index (χ0v) is 16.1. The third kappa shape index (κ3) is 4.27. The van der Waals surface area contributed by atoms with Gasteiger partial charge in [-0.1, -0.05) is 20.8 Å². The Morgan fingerprint density at radius 1 is 1.19 bits per heavy atom. The fourth-order valence-corrected chi connectivity index (χ4v) is 3.92. The molecular weight excluding hydrogens is 356 g/mol. The van der Waals surface area contributed by atoms with Crippen molar-refractivity contribution in [3.8, 4) is 0 Å². The molecule has 0 N–H and O–H groups in total. The summed E-state index contributed by atoms with van der Waals surface area (Å²) < 4.78 is 26.8. The van der Waals surface area contributed by atoms with Gasteiger partial charge in [-0.15, -0.1) is 11.3 Å². The van der Waals surface area contributed by atoms with Gasteiger partial charge in [0, 0.05) is 43.0 Å². The summed E-state index contributed by atoms with van der Waals surface area (Å²) in [6.45, 7) is 9.65. The van der Waals surface area contributed by atoms with Gasteiger partial charge < -0.3 is 4.90 Å². The van der Waals surface area contributed by atoms with E-state index in [1.807, 2.05) is 0 Å². The van der Waals surface area contributed by atoms with E-state index in [2.05, 4.69) is 31.1 Å². The number of hydrogen-bond acceptors (Lipinski definition) is 4. The van der Waals surface area contributed by atoms with Crippen molar-refractivity contribution in [2.75, 3.05) is 26.2 Å². The average molecular weight is 379 g/mol. The lowest BCUT2D eigenvalue weighted by Crippen LogP contribution is -2.48. The van der Waals surface area contributed by atoms with Crippen molar-refractivity contribution in [3.63, 3.8) is 0 Å². The minimum atomic E-state index is -0.810. The molecule has 1 saturated heterocycles. The maximum Gasteiger partial charge on any atom is 0.256 e. The summed E-state index contributed by atoms with van der Waals surface area (Å²) >= 11 is 1.66. The van der Waals surface area contributed by atoms with Gasteiger partial charge in [-0.25, -0.2) is 13.8 Å². The number of amides is 1. The van der Waals surface area contributed by atoms with Gasteiger partial charge in [0.15, 0.2) is 0 Å². The van der Waals surface area contributed by atoms with Gasteiger partial charge in [-0.05, 0) is 12.1 Å². The standard InChI is InChI=1S/C19H23F2N3OS/c1-19(2,3)16-12-26-17(22-16)11-23-6-8-24(9-7-23)18(25)14-5-4-13(20)10-15(14)21/h4-5,10,12H,6-9,11H2,1-3H3. The molecule has 0 unspecified atom stereocenters. The number of nitrogens with zero attached hydrogens (tertiary/aromatic N) is 3. The molecule has 1 aromatic carbocycles. The summed E-state index contributed by atoms with van der Waals surface area (Å²) in [6, 6.07) is 3.07. The second kappa shape index (κ2) is 7.40. The number of piperazine rings is 1. The second-order valence-electron chi connectivity index (χ2n) is 7.57. The third-order valence-electron chi connectivity index (χ3n) is 4.50. The Kier molecular flexibility index (Phi) is 5.39. The third-order valence-corrected chi connectivity index (χ3v) is 5.33. The first-order chi connectivity index (χ1) is 12.2.